The van der Waals surface area contributed by atoms with Crippen LogP contribution >= 0.6 is 0 Å². The van der Waals surface area contributed by atoms with E-state index in [2.05, 4.69) is 17.0 Å². The van der Waals surface area contributed by atoms with Gasteiger partial charge in [-0.1, -0.05) is 30.3 Å². The van der Waals surface area contributed by atoms with Gasteiger partial charge in [0.15, 0.2) is 0 Å². The van der Waals surface area contributed by atoms with Gasteiger partial charge in [-0.25, -0.2) is 8.42 Å². The van der Waals surface area contributed by atoms with Crippen LogP contribution < -0.4 is 0 Å². The molecule has 0 spiro atoms. The predicted octanol–water partition coefficient (Wildman–Crippen LogP) is 0.516. The molecule has 0 saturated carbocycles. The second-order valence-electron chi connectivity index (χ2n) is 5.05. The van der Waals surface area contributed by atoms with Gasteiger partial charge in [0.1, 0.15) is 0 Å². The predicted molar refractivity (Wildman–Crippen MR) is 78.8 cm³/mol. The highest BCUT2D eigenvalue weighted by Gasteiger charge is 2.26. The monoisotopic (exact) mass is 298 g/mol. The van der Waals surface area contributed by atoms with Crippen LogP contribution in [0.2, 0.25) is 0 Å². The Labute approximate surface area is 120 Å². The van der Waals surface area contributed by atoms with E-state index in [0.29, 0.717) is 19.5 Å². The summed E-state index contributed by atoms with van der Waals surface area (Å²) in [4.78, 5) is 2.27. The zero-order chi connectivity index (χ0) is 14.4. The Hall–Kier alpha value is -0.950. The third-order valence-electron chi connectivity index (χ3n) is 3.53. The molecule has 0 atom stereocenters. The van der Waals surface area contributed by atoms with Crippen LogP contribution in [0.1, 0.15) is 12.0 Å². The first kappa shape index (κ1) is 15.4. The largest absolute Gasteiger partial charge is 0.396 e. The molecule has 0 aromatic heterocycles. The highest BCUT2D eigenvalue weighted by atomic mass is 32.2. The molecule has 1 heterocycles. The molecule has 2 rings (SSSR count). The summed E-state index contributed by atoms with van der Waals surface area (Å²) in [5.74, 6) is 0.0438. The fourth-order valence-corrected chi connectivity index (χ4v) is 3.86. The second kappa shape index (κ2) is 7.17. The van der Waals surface area contributed by atoms with Crippen LogP contribution in [0.4, 0.5) is 0 Å². The summed E-state index contributed by atoms with van der Waals surface area (Å²) < 4.78 is 25.6. The molecule has 1 aromatic rings. The Morgan fingerprint density at radius 2 is 1.70 bits per heavy atom. The summed E-state index contributed by atoms with van der Waals surface area (Å²) >= 11 is 0. The maximum absolute atomic E-state index is 12.0. The smallest absolute Gasteiger partial charge is 0.214 e. The van der Waals surface area contributed by atoms with Crippen LogP contribution in [-0.2, 0) is 16.6 Å². The van der Waals surface area contributed by atoms with E-state index in [1.165, 1.54) is 5.56 Å². The van der Waals surface area contributed by atoms with Gasteiger partial charge in [0.05, 0.1) is 5.75 Å². The number of hydrogen-bond acceptors (Lipinski definition) is 4. The van der Waals surface area contributed by atoms with Crippen LogP contribution in [-0.4, -0.2) is 61.3 Å². The SMILES string of the molecule is O=S(=O)(CCCO)N1CCN(Cc2ccccc2)CC1. The standard InChI is InChI=1S/C14H22N2O3S/c17-11-4-12-20(18,19)16-9-7-15(8-10-16)13-14-5-2-1-3-6-14/h1-3,5-6,17H,4,7-13H2. The van der Waals surface area contributed by atoms with Crippen molar-refractivity contribution >= 4 is 10.0 Å². The summed E-state index contributed by atoms with van der Waals surface area (Å²) in [6.45, 7) is 3.39. The fraction of sp³-hybridized carbons (Fsp3) is 0.571. The van der Waals surface area contributed by atoms with Gasteiger partial charge in [-0.2, -0.15) is 4.31 Å². The van der Waals surface area contributed by atoms with Crippen LogP contribution in [0.5, 0.6) is 0 Å². The van der Waals surface area contributed by atoms with E-state index in [1.54, 1.807) is 4.31 Å². The van der Waals surface area contributed by atoms with Crippen LogP contribution in [0.25, 0.3) is 0 Å². The van der Waals surface area contributed by atoms with Gasteiger partial charge in [0.2, 0.25) is 10.0 Å². The van der Waals surface area contributed by atoms with Gasteiger partial charge in [0.25, 0.3) is 0 Å². The fourth-order valence-electron chi connectivity index (χ4n) is 2.38. The lowest BCUT2D eigenvalue weighted by Crippen LogP contribution is -2.48. The average Bonchev–Trinajstić information content (AvgIpc) is 2.47. The van der Waals surface area contributed by atoms with E-state index < -0.39 is 10.0 Å². The van der Waals surface area contributed by atoms with Crippen molar-refractivity contribution in [3.05, 3.63) is 35.9 Å². The van der Waals surface area contributed by atoms with Crippen molar-refractivity contribution in [3.63, 3.8) is 0 Å². The Kier molecular flexibility index (Phi) is 5.54. The summed E-state index contributed by atoms with van der Waals surface area (Å²) in [5, 5.41) is 8.74. The van der Waals surface area contributed by atoms with E-state index in [1.807, 2.05) is 18.2 Å². The number of aliphatic hydroxyl groups is 1. The van der Waals surface area contributed by atoms with Gasteiger partial charge in [0, 0.05) is 39.3 Å². The normalized spacial score (nSPS) is 18.2. The maximum atomic E-state index is 12.0. The third-order valence-corrected chi connectivity index (χ3v) is 5.49. The van der Waals surface area contributed by atoms with E-state index in [0.717, 1.165) is 19.6 Å². The minimum atomic E-state index is -3.20. The van der Waals surface area contributed by atoms with Crippen molar-refractivity contribution in [1.82, 2.24) is 9.21 Å². The lowest BCUT2D eigenvalue weighted by atomic mass is 10.2. The average molecular weight is 298 g/mol. The summed E-state index contributed by atoms with van der Waals surface area (Å²) in [5.41, 5.74) is 1.25. The number of sulfonamides is 1. The molecule has 1 aliphatic heterocycles. The van der Waals surface area contributed by atoms with Crippen molar-refractivity contribution in [3.8, 4) is 0 Å². The zero-order valence-electron chi connectivity index (χ0n) is 11.6. The van der Waals surface area contributed by atoms with E-state index in [-0.39, 0.29) is 12.4 Å². The second-order valence-corrected chi connectivity index (χ2v) is 7.14. The molecule has 0 amide bonds. The minimum Gasteiger partial charge on any atom is -0.396 e. The summed E-state index contributed by atoms with van der Waals surface area (Å²) in [6, 6.07) is 10.2. The Morgan fingerprint density at radius 3 is 2.30 bits per heavy atom. The molecule has 0 bridgehead atoms. The minimum absolute atomic E-state index is 0.0438. The van der Waals surface area contributed by atoms with E-state index >= 15 is 0 Å². The number of piperazine rings is 1. The maximum Gasteiger partial charge on any atom is 0.214 e. The molecular weight excluding hydrogens is 276 g/mol. The Balaban J connectivity index is 1.83. The van der Waals surface area contributed by atoms with Crippen molar-refractivity contribution in [2.45, 2.75) is 13.0 Å². The number of nitrogens with zero attached hydrogens (tertiary/aromatic N) is 2. The molecule has 0 unspecified atom stereocenters. The van der Waals surface area contributed by atoms with E-state index in [4.69, 9.17) is 5.11 Å². The van der Waals surface area contributed by atoms with Crippen molar-refractivity contribution < 1.29 is 13.5 Å². The van der Waals surface area contributed by atoms with E-state index in [9.17, 15) is 8.42 Å². The molecule has 1 fully saturated rings. The molecule has 112 valence electrons. The lowest BCUT2D eigenvalue weighted by molar-refractivity contribution is 0.181. The first-order chi connectivity index (χ1) is 9.62. The van der Waals surface area contributed by atoms with Gasteiger partial charge >= 0.3 is 0 Å². The summed E-state index contributed by atoms with van der Waals surface area (Å²) in [6.07, 6.45) is 0.312. The van der Waals surface area contributed by atoms with Gasteiger partial charge in [-0.15, -0.1) is 0 Å². The Bertz CT molecular complexity index is 496. The van der Waals surface area contributed by atoms with Gasteiger partial charge < -0.3 is 5.11 Å². The highest BCUT2D eigenvalue weighted by molar-refractivity contribution is 7.89. The number of hydrogen-bond donors (Lipinski definition) is 1. The topological polar surface area (TPSA) is 60.9 Å². The first-order valence-electron chi connectivity index (χ1n) is 6.97. The molecule has 1 N–H and O–H groups in total. The molecule has 6 heteroatoms. The molecule has 1 saturated heterocycles. The number of aliphatic hydroxyl groups excluding tert-OH is 1. The molecule has 20 heavy (non-hydrogen) atoms. The number of rotatable bonds is 6. The van der Waals surface area contributed by atoms with Gasteiger partial charge in [-0.3, -0.25) is 4.90 Å². The van der Waals surface area contributed by atoms with Gasteiger partial charge in [-0.05, 0) is 12.0 Å². The lowest BCUT2D eigenvalue weighted by Gasteiger charge is -2.34. The van der Waals surface area contributed by atoms with Crippen molar-refractivity contribution in [2.75, 3.05) is 38.5 Å². The van der Waals surface area contributed by atoms with Crippen molar-refractivity contribution in [1.29, 1.82) is 0 Å². The van der Waals surface area contributed by atoms with Crippen LogP contribution in [0.15, 0.2) is 30.3 Å². The Morgan fingerprint density at radius 1 is 1.05 bits per heavy atom. The highest BCUT2D eigenvalue weighted by Crippen LogP contribution is 2.12. The molecule has 0 radical (unpaired) electrons. The quantitative estimate of drug-likeness (QED) is 0.831. The first-order valence-corrected chi connectivity index (χ1v) is 8.58. The number of benzene rings is 1. The van der Waals surface area contributed by atoms with Crippen LogP contribution in [0, 0.1) is 0 Å². The molecule has 5 nitrogen and oxygen atoms in total. The van der Waals surface area contributed by atoms with Crippen LogP contribution in [0.3, 0.4) is 0 Å². The third kappa shape index (κ3) is 4.28. The van der Waals surface area contributed by atoms with Crippen molar-refractivity contribution in [2.24, 2.45) is 0 Å². The molecule has 0 aliphatic carbocycles. The molecular formula is C14H22N2O3S. The molecule has 1 aliphatic rings. The zero-order valence-corrected chi connectivity index (χ0v) is 12.4. The molecule has 1 aromatic carbocycles. The summed E-state index contributed by atoms with van der Waals surface area (Å²) in [7, 11) is -3.20.